The first-order valence-electron chi connectivity index (χ1n) is 11.1. The smallest absolute Gasteiger partial charge is 0.261 e. The van der Waals surface area contributed by atoms with Crippen molar-refractivity contribution in [2.45, 2.75) is 57.7 Å². The van der Waals surface area contributed by atoms with E-state index in [9.17, 15) is 9.59 Å². The highest BCUT2D eigenvalue weighted by atomic mass is 79.9. The minimum atomic E-state index is -0.557. The van der Waals surface area contributed by atoms with E-state index >= 15 is 0 Å². The van der Waals surface area contributed by atoms with Crippen molar-refractivity contribution < 1.29 is 19.1 Å². The summed E-state index contributed by atoms with van der Waals surface area (Å²) in [6.07, 6.45) is 4.80. The molecule has 1 saturated carbocycles. The van der Waals surface area contributed by atoms with Gasteiger partial charge in [0.05, 0.1) is 7.11 Å². The summed E-state index contributed by atoms with van der Waals surface area (Å²) >= 11 is 3.39. The normalized spacial score (nSPS) is 14.6. The average Bonchev–Trinajstić information content (AvgIpc) is 3.31. The van der Waals surface area contributed by atoms with Crippen molar-refractivity contribution >= 4 is 27.7 Å². The topological polar surface area (TPSA) is 67.9 Å². The fourth-order valence-corrected chi connectivity index (χ4v) is 4.24. The van der Waals surface area contributed by atoms with Gasteiger partial charge in [0.25, 0.3) is 5.91 Å². The number of halogens is 1. The van der Waals surface area contributed by atoms with E-state index in [0.717, 1.165) is 41.5 Å². The first kappa shape index (κ1) is 24.1. The molecule has 172 valence electrons. The van der Waals surface area contributed by atoms with Crippen molar-refractivity contribution in [1.82, 2.24) is 10.2 Å². The second-order valence-electron chi connectivity index (χ2n) is 8.03. The number of carbonyl (C=O) groups is 2. The third kappa shape index (κ3) is 6.73. The number of benzene rings is 2. The van der Waals surface area contributed by atoms with Crippen molar-refractivity contribution in [3.63, 3.8) is 0 Å². The Kier molecular flexibility index (Phi) is 8.97. The summed E-state index contributed by atoms with van der Waals surface area (Å²) in [5.74, 6) is 1.03. The van der Waals surface area contributed by atoms with Gasteiger partial charge in [0.1, 0.15) is 17.5 Å². The molecular formula is C25H31BrN2O4. The highest BCUT2D eigenvalue weighted by Crippen LogP contribution is 2.21. The molecule has 0 aliphatic heterocycles. The van der Waals surface area contributed by atoms with Crippen molar-refractivity contribution in [3.05, 3.63) is 58.6 Å². The van der Waals surface area contributed by atoms with Gasteiger partial charge in [0.15, 0.2) is 6.61 Å². The van der Waals surface area contributed by atoms with Gasteiger partial charge in [-0.2, -0.15) is 0 Å². The van der Waals surface area contributed by atoms with Gasteiger partial charge < -0.3 is 19.7 Å². The van der Waals surface area contributed by atoms with Crippen LogP contribution in [0.25, 0.3) is 0 Å². The van der Waals surface area contributed by atoms with E-state index in [4.69, 9.17) is 9.47 Å². The first-order chi connectivity index (χ1) is 15.5. The Labute approximate surface area is 198 Å². The van der Waals surface area contributed by atoms with Crippen LogP contribution in [0.5, 0.6) is 11.5 Å². The van der Waals surface area contributed by atoms with Gasteiger partial charge in [-0.25, -0.2) is 0 Å². The highest BCUT2D eigenvalue weighted by molar-refractivity contribution is 9.10. The van der Waals surface area contributed by atoms with E-state index in [2.05, 4.69) is 21.2 Å². The fourth-order valence-electron chi connectivity index (χ4n) is 3.97. The molecule has 6 nitrogen and oxygen atoms in total. The molecular weight excluding hydrogens is 472 g/mol. The predicted molar refractivity (Wildman–Crippen MR) is 128 cm³/mol. The van der Waals surface area contributed by atoms with Gasteiger partial charge in [-0.05, 0) is 61.2 Å². The molecule has 32 heavy (non-hydrogen) atoms. The van der Waals surface area contributed by atoms with Crippen LogP contribution in [0.3, 0.4) is 0 Å². The monoisotopic (exact) mass is 502 g/mol. The first-order valence-corrected chi connectivity index (χ1v) is 11.9. The van der Waals surface area contributed by atoms with E-state index in [1.54, 1.807) is 24.1 Å². The van der Waals surface area contributed by atoms with Crippen LogP contribution in [-0.2, 0) is 16.1 Å². The summed E-state index contributed by atoms with van der Waals surface area (Å²) < 4.78 is 11.9. The maximum atomic E-state index is 13.2. The Morgan fingerprint density at radius 1 is 1.06 bits per heavy atom. The highest BCUT2D eigenvalue weighted by Gasteiger charge is 2.30. The lowest BCUT2D eigenvalue weighted by molar-refractivity contribution is -0.143. The minimum absolute atomic E-state index is 0.0927. The van der Waals surface area contributed by atoms with Crippen molar-refractivity contribution in [3.8, 4) is 11.5 Å². The molecule has 2 aromatic rings. The third-order valence-electron chi connectivity index (χ3n) is 5.78. The SMILES string of the molecule is CC[C@H](C(=O)NC1CCCC1)N(Cc1ccc(OC)cc1)C(=O)COc1ccc(Br)cc1. The summed E-state index contributed by atoms with van der Waals surface area (Å²) in [4.78, 5) is 28.0. The molecule has 0 unspecified atom stereocenters. The number of nitrogens with one attached hydrogen (secondary N) is 1. The van der Waals surface area contributed by atoms with Gasteiger partial charge in [0, 0.05) is 17.1 Å². The maximum absolute atomic E-state index is 13.2. The largest absolute Gasteiger partial charge is 0.497 e. The number of nitrogens with zero attached hydrogens (tertiary/aromatic N) is 1. The lowest BCUT2D eigenvalue weighted by Crippen LogP contribution is -2.52. The number of rotatable bonds is 10. The van der Waals surface area contributed by atoms with Crippen LogP contribution in [0.15, 0.2) is 53.0 Å². The number of hydrogen-bond donors (Lipinski definition) is 1. The second kappa shape index (κ2) is 11.9. The molecule has 1 aliphatic rings. The van der Waals surface area contributed by atoms with Gasteiger partial charge in [-0.15, -0.1) is 0 Å². The quantitative estimate of drug-likeness (QED) is 0.511. The third-order valence-corrected chi connectivity index (χ3v) is 6.30. The van der Waals surface area contributed by atoms with Crippen molar-refractivity contribution in [2.24, 2.45) is 0 Å². The lowest BCUT2D eigenvalue weighted by Gasteiger charge is -2.31. The van der Waals surface area contributed by atoms with E-state index in [1.165, 1.54) is 0 Å². The van der Waals surface area contributed by atoms with Gasteiger partial charge >= 0.3 is 0 Å². The van der Waals surface area contributed by atoms with Crippen LogP contribution in [-0.4, -0.2) is 42.5 Å². The molecule has 1 aliphatic carbocycles. The summed E-state index contributed by atoms with van der Waals surface area (Å²) in [6.45, 7) is 2.12. The van der Waals surface area contributed by atoms with Gasteiger partial charge in [-0.3, -0.25) is 9.59 Å². The predicted octanol–water partition coefficient (Wildman–Crippen LogP) is 4.70. The molecule has 2 amide bonds. The van der Waals surface area contributed by atoms with Crippen LogP contribution in [0.2, 0.25) is 0 Å². The molecule has 0 saturated heterocycles. The van der Waals surface area contributed by atoms with Gasteiger partial charge in [0.2, 0.25) is 5.91 Å². The second-order valence-corrected chi connectivity index (χ2v) is 8.94. The van der Waals surface area contributed by atoms with E-state index in [0.29, 0.717) is 18.7 Å². The maximum Gasteiger partial charge on any atom is 0.261 e. The Morgan fingerprint density at radius 3 is 2.28 bits per heavy atom. The van der Waals surface area contributed by atoms with E-state index in [1.807, 2.05) is 43.3 Å². The molecule has 1 fully saturated rings. The molecule has 0 aromatic heterocycles. The Hall–Kier alpha value is -2.54. The van der Waals surface area contributed by atoms with Crippen LogP contribution in [0, 0.1) is 0 Å². The molecule has 1 N–H and O–H groups in total. The lowest BCUT2D eigenvalue weighted by atomic mass is 10.1. The number of hydrogen-bond acceptors (Lipinski definition) is 4. The molecule has 3 rings (SSSR count). The Morgan fingerprint density at radius 2 is 1.69 bits per heavy atom. The van der Waals surface area contributed by atoms with Crippen molar-refractivity contribution in [1.29, 1.82) is 0 Å². The number of methoxy groups -OCH3 is 1. The molecule has 1 atom stereocenters. The van der Waals surface area contributed by atoms with Crippen LogP contribution in [0.4, 0.5) is 0 Å². The summed E-state index contributed by atoms with van der Waals surface area (Å²) in [5.41, 5.74) is 0.926. The fraction of sp³-hybridized carbons (Fsp3) is 0.440. The van der Waals surface area contributed by atoms with Crippen LogP contribution < -0.4 is 14.8 Å². The number of ether oxygens (including phenoxy) is 2. The Bertz CT molecular complexity index is 880. The number of amides is 2. The summed E-state index contributed by atoms with van der Waals surface area (Å²) in [6, 6.07) is 14.5. The summed E-state index contributed by atoms with van der Waals surface area (Å²) in [5, 5.41) is 3.15. The molecule has 0 heterocycles. The zero-order valence-electron chi connectivity index (χ0n) is 18.7. The average molecular weight is 503 g/mol. The van der Waals surface area contributed by atoms with E-state index < -0.39 is 6.04 Å². The van der Waals surface area contributed by atoms with E-state index in [-0.39, 0.29) is 24.5 Å². The van der Waals surface area contributed by atoms with Crippen LogP contribution in [0.1, 0.15) is 44.6 Å². The molecule has 2 aromatic carbocycles. The standard InChI is InChI=1S/C25H31BrN2O4/c1-3-23(25(30)27-20-6-4-5-7-20)28(16-18-8-12-21(31-2)13-9-18)24(29)17-32-22-14-10-19(26)11-15-22/h8-15,20,23H,3-7,16-17H2,1-2H3,(H,27,30)/t23-/m1/s1. The zero-order valence-corrected chi connectivity index (χ0v) is 20.3. The summed E-state index contributed by atoms with van der Waals surface area (Å²) in [7, 11) is 1.62. The van der Waals surface area contributed by atoms with Crippen molar-refractivity contribution in [2.75, 3.05) is 13.7 Å². The molecule has 0 spiro atoms. The van der Waals surface area contributed by atoms with Crippen LogP contribution >= 0.6 is 15.9 Å². The molecule has 0 radical (unpaired) electrons. The number of carbonyl (C=O) groups excluding carboxylic acids is 2. The molecule has 7 heteroatoms. The zero-order chi connectivity index (χ0) is 22.9. The van der Waals surface area contributed by atoms with Gasteiger partial charge in [-0.1, -0.05) is 47.8 Å². The molecule has 0 bridgehead atoms. The Balaban J connectivity index is 1.74. The minimum Gasteiger partial charge on any atom is -0.497 e.